The second-order valence-electron chi connectivity index (χ2n) is 6.15. The van der Waals surface area contributed by atoms with Gasteiger partial charge in [0.05, 0.1) is 30.0 Å². The minimum atomic E-state index is -0.505. The molecule has 2 heterocycles. The summed E-state index contributed by atoms with van der Waals surface area (Å²) in [5.41, 5.74) is 1.40. The summed E-state index contributed by atoms with van der Waals surface area (Å²) in [6.45, 7) is 0.570. The van der Waals surface area contributed by atoms with Gasteiger partial charge in [-0.25, -0.2) is 9.59 Å². The Balaban J connectivity index is 1.33. The number of carbonyl (C=O) groups excluding carboxylic acids is 2. The second-order valence-corrected chi connectivity index (χ2v) is 6.15. The normalized spacial score (nSPS) is 17.0. The number of anilines is 2. The lowest BCUT2D eigenvalue weighted by Crippen LogP contribution is -2.37. The Labute approximate surface area is 160 Å². The van der Waals surface area contributed by atoms with Gasteiger partial charge in [-0.15, -0.1) is 0 Å². The highest BCUT2D eigenvalue weighted by atomic mass is 16.7. The highest BCUT2D eigenvalue weighted by molar-refractivity contribution is 5.92. The third-order valence-corrected chi connectivity index (χ3v) is 4.33. The number of benzene rings is 2. The molecule has 2 aromatic rings. The number of para-hydroxylation sites is 1. The van der Waals surface area contributed by atoms with Crippen LogP contribution in [0.1, 0.15) is 5.56 Å². The fraction of sp³-hybridized carbons (Fsp3) is 0.211. The fourth-order valence-corrected chi connectivity index (χ4v) is 2.95. The molecule has 9 heteroatoms. The molecule has 28 heavy (non-hydrogen) atoms. The van der Waals surface area contributed by atoms with Crippen LogP contribution in [0.4, 0.5) is 21.0 Å². The van der Waals surface area contributed by atoms with E-state index in [1.807, 2.05) is 6.07 Å². The zero-order valence-electron chi connectivity index (χ0n) is 14.7. The van der Waals surface area contributed by atoms with Crippen LogP contribution in [-0.4, -0.2) is 38.1 Å². The van der Waals surface area contributed by atoms with Gasteiger partial charge in [-0.1, -0.05) is 12.1 Å². The number of nitrogens with zero attached hydrogens (tertiary/aromatic N) is 2. The number of ether oxygens (including phenoxy) is 3. The van der Waals surface area contributed by atoms with E-state index in [1.54, 1.807) is 42.5 Å². The molecule has 0 spiro atoms. The molecule has 2 aliphatic heterocycles. The molecule has 1 saturated heterocycles. The maximum absolute atomic E-state index is 12.2. The number of cyclic esters (lactones) is 1. The lowest BCUT2D eigenvalue weighted by Gasteiger charge is -2.14. The van der Waals surface area contributed by atoms with Crippen molar-refractivity contribution in [3.8, 4) is 17.6 Å². The van der Waals surface area contributed by atoms with Gasteiger partial charge >= 0.3 is 12.1 Å². The molecule has 0 aliphatic carbocycles. The molecule has 2 aromatic carbocycles. The van der Waals surface area contributed by atoms with E-state index >= 15 is 0 Å². The van der Waals surface area contributed by atoms with E-state index in [4.69, 9.17) is 19.5 Å². The van der Waals surface area contributed by atoms with Crippen LogP contribution in [0.15, 0.2) is 42.5 Å². The van der Waals surface area contributed by atoms with E-state index < -0.39 is 18.2 Å². The molecule has 0 aromatic heterocycles. The highest BCUT2D eigenvalue weighted by Crippen LogP contribution is 2.36. The van der Waals surface area contributed by atoms with Gasteiger partial charge in [-0.2, -0.15) is 5.26 Å². The Bertz CT molecular complexity index is 971. The van der Waals surface area contributed by atoms with E-state index in [0.29, 0.717) is 28.4 Å². The van der Waals surface area contributed by atoms with E-state index in [0.717, 1.165) is 0 Å². The van der Waals surface area contributed by atoms with E-state index in [1.165, 1.54) is 4.90 Å². The lowest BCUT2D eigenvalue weighted by atomic mass is 10.2. The molecule has 3 amide bonds. The van der Waals surface area contributed by atoms with Crippen molar-refractivity contribution in [3.05, 3.63) is 48.0 Å². The first-order valence-electron chi connectivity index (χ1n) is 8.56. The molecule has 0 saturated carbocycles. The summed E-state index contributed by atoms with van der Waals surface area (Å²) in [4.78, 5) is 25.7. The first-order chi connectivity index (χ1) is 13.6. The van der Waals surface area contributed by atoms with Crippen molar-refractivity contribution < 1.29 is 23.8 Å². The smallest absolute Gasteiger partial charge is 0.414 e. The molecule has 2 aliphatic rings. The first kappa shape index (κ1) is 17.5. The van der Waals surface area contributed by atoms with Gasteiger partial charge in [-0.3, -0.25) is 4.90 Å². The van der Waals surface area contributed by atoms with Gasteiger partial charge in [0.15, 0.2) is 11.5 Å². The van der Waals surface area contributed by atoms with Crippen LogP contribution in [0.25, 0.3) is 0 Å². The summed E-state index contributed by atoms with van der Waals surface area (Å²) >= 11 is 0. The fourth-order valence-electron chi connectivity index (χ4n) is 2.95. The van der Waals surface area contributed by atoms with Gasteiger partial charge in [-0.05, 0) is 24.3 Å². The number of rotatable bonds is 4. The standard InChI is InChI=1S/C19H16N4O5/c20-8-12-3-1-2-4-15(12)22-18(24)21-9-14-10-23(19(25)28-14)13-5-6-16-17(7-13)27-11-26-16/h1-7,14H,9-11H2,(H2,21,22,24)/t14-/m0/s1. The Morgan fingerprint density at radius 1 is 1.21 bits per heavy atom. The zero-order chi connectivity index (χ0) is 19.5. The van der Waals surface area contributed by atoms with E-state index in [2.05, 4.69) is 10.6 Å². The topological polar surface area (TPSA) is 113 Å². The maximum Gasteiger partial charge on any atom is 0.414 e. The lowest BCUT2D eigenvalue weighted by molar-refractivity contribution is 0.141. The molecule has 9 nitrogen and oxygen atoms in total. The zero-order valence-corrected chi connectivity index (χ0v) is 14.7. The molecule has 0 radical (unpaired) electrons. The predicted octanol–water partition coefficient (Wildman–Crippen LogP) is 2.43. The van der Waals surface area contributed by atoms with Crippen LogP contribution in [0.3, 0.4) is 0 Å². The van der Waals surface area contributed by atoms with Gasteiger partial charge in [0.25, 0.3) is 0 Å². The molecule has 0 bridgehead atoms. The van der Waals surface area contributed by atoms with Crippen molar-refractivity contribution in [2.45, 2.75) is 6.10 Å². The Kier molecular flexibility index (Phi) is 4.60. The third kappa shape index (κ3) is 3.48. The Hall–Kier alpha value is -3.93. The van der Waals surface area contributed by atoms with Crippen molar-refractivity contribution in [1.82, 2.24) is 5.32 Å². The van der Waals surface area contributed by atoms with Crippen LogP contribution in [-0.2, 0) is 4.74 Å². The average Bonchev–Trinajstić information content (AvgIpc) is 3.32. The minimum Gasteiger partial charge on any atom is -0.454 e. The molecule has 1 fully saturated rings. The summed E-state index contributed by atoms with van der Waals surface area (Å²) in [6.07, 6.45) is -1.00. The number of amides is 3. The first-order valence-corrected chi connectivity index (χ1v) is 8.56. The van der Waals surface area contributed by atoms with Crippen LogP contribution < -0.4 is 25.0 Å². The molecule has 0 unspecified atom stereocenters. The van der Waals surface area contributed by atoms with Crippen LogP contribution in [0, 0.1) is 11.3 Å². The summed E-state index contributed by atoms with van der Waals surface area (Å²) in [5.74, 6) is 1.20. The average molecular weight is 380 g/mol. The van der Waals surface area contributed by atoms with Gasteiger partial charge in [0.1, 0.15) is 12.2 Å². The molecule has 2 N–H and O–H groups in total. The van der Waals surface area contributed by atoms with E-state index in [9.17, 15) is 9.59 Å². The van der Waals surface area contributed by atoms with Crippen molar-refractivity contribution in [3.63, 3.8) is 0 Å². The van der Waals surface area contributed by atoms with Crippen LogP contribution in [0.2, 0.25) is 0 Å². The Morgan fingerprint density at radius 2 is 2.04 bits per heavy atom. The number of hydrogen-bond acceptors (Lipinski definition) is 6. The van der Waals surface area contributed by atoms with Crippen molar-refractivity contribution >= 4 is 23.5 Å². The van der Waals surface area contributed by atoms with Gasteiger partial charge in [0.2, 0.25) is 6.79 Å². The predicted molar refractivity (Wildman–Crippen MR) is 98.4 cm³/mol. The summed E-state index contributed by atoms with van der Waals surface area (Å²) in [7, 11) is 0. The number of urea groups is 1. The monoisotopic (exact) mass is 380 g/mol. The van der Waals surface area contributed by atoms with Gasteiger partial charge in [0, 0.05) is 6.07 Å². The Morgan fingerprint density at radius 3 is 2.89 bits per heavy atom. The number of hydrogen-bond donors (Lipinski definition) is 2. The van der Waals surface area contributed by atoms with E-state index in [-0.39, 0.29) is 19.9 Å². The molecule has 142 valence electrons. The number of carbonyl (C=O) groups is 2. The van der Waals surface area contributed by atoms with Crippen LogP contribution >= 0.6 is 0 Å². The minimum absolute atomic E-state index is 0.132. The third-order valence-electron chi connectivity index (χ3n) is 4.33. The number of fused-ring (bicyclic) bond motifs is 1. The number of nitriles is 1. The second kappa shape index (κ2) is 7.36. The van der Waals surface area contributed by atoms with Crippen LogP contribution in [0.5, 0.6) is 11.5 Å². The van der Waals surface area contributed by atoms with Crippen molar-refractivity contribution in [2.24, 2.45) is 0 Å². The van der Waals surface area contributed by atoms with Gasteiger partial charge < -0.3 is 24.8 Å². The van der Waals surface area contributed by atoms with Crippen molar-refractivity contribution in [2.75, 3.05) is 30.1 Å². The molecular weight excluding hydrogens is 364 g/mol. The van der Waals surface area contributed by atoms with Crippen molar-refractivity contribution in [1.29, 1.82) is 5.26 Å². The quantitative estimate of drug-likeness (QED) is 0.842. The number of nitrogens with one attached hydrogen (secondary N) is 2. The summed E-state index contributed by atoms with van der Waals surface area (Å²) < 4.78 is 15.9. The largest absolute Gasteiger partial charge is 0.454 e. The molecular formula is C19H16N4O5. The summed E-state index contributed by atoms with van der Waals surface area (Å²) in [6, 6.07) is 13.4. The summed E-state index contributed by atoms with van der Waals surface area (Å²) in [5, 5.41) is 14.3. The highest BCUT2D eigenvalue weighted by Gasteiger charge is 2.33. The molecule has 4 rings (SSSR count). The maximum atomic E-state index is 12.2. The molecule has 1 atom stereocenters. The SMILES string of the molecule is N#Cc1ccccc1NC(=O)NC[C@H]1CN(c2ccc3c(c2)OCO3)C(=O)O1.